The number of alkyl halides is 1. The summed E-state index contributed by atoms with van der Waals surface area (Å²) in [4.78, 5) is 0. The molecule has 0 amide bonds. The number of unbranched alkanes of at least 4 members (excludes halogenated alkanes) is 7. The summed E-state index contributed by atoms with van der Waals surface area (Å²) in [7, 11) is 0. The van der Waals surface area contributed by atoms with Gasteiger partial charge in [-0.25, -0.2) is 0 Å². The fourth-order valence-corrected chi connectivity index (χ4v) is 2.62. The fraction of sp³-hybridized carbons (Fsp3) is 1.00. The summed E-state index contributed by atoms with van der Waals surface area (Å²) in [5.74, 6) is 0. The maximum atomic E-state index is 5.64. The maximum Gasteiger partial charge on any atom is 0.156 e. The van der Waals surface area contributed by atoms with Crippen molar-refractivity contribution in [1.29, 1.82) is 0 Å². The van der Waals surface area contributed by atoms with E-state index in [1.165, 1.54) is 51.4 Å². The third-order valence-corrected chi connectivity index (χ3v) is 3.70. The highest BCUT2D eigenvalue weighted by atomic mass is 79.9. The minimum atomic E-state index is -0.103. The Bertz CT molecular complexity index is 165. The average molecular weight is 323 g/mol. The van der Waals surface area contributed by atoms with Crippen molar-refractivity contribution in [3.8, 4) is 0 Å². The quantitative estimate of drug-likeness (QED) is 0.248. The number of rotatable bonds is 13. The molecule has 0 bridgehead atoms. The molecule has 2 unspecified atom stereocenters. The molecule has 0 aliphatic rings. The summed E-state index contributed by atoms with van der Waals surface area (Å²) in [6, 6.07) is 0. The van der Waals surface area contributed by atoms with Gasteiger partial charge in [0.05, 0.1) is 0 Å². The minimum absolute atomic E-state index is 0.103. The molecule has 0 saturated heterocycles. The van der Waals surface area contributed by atoms with E-state index in [2.05, 4.69) is 22.9 Å². The molecule has 2 atom stereocenters. The third-order valence-electron chi connectivity index (χ3n) is 3.03. The molecule has 18 heavy (non-hydrogen) atoms. The topological polar surface area (TPSA) is 18.5 Å². The van der Waals surface area contributed by atoms with Gasteiger partial charge in [-0.1, -0.05) is 67.8 Å². The van der Waals surface area contributed by atoms with E-state index in [9.17, 15) is 0 Å². The number of hydrogen-bond acceptors (Lipinski definition) is 2. The predicted octanol–water partition coefficient (Wildman–Crippen LogP) is 5.64. The molecule has 0 fully saturated rings. The van der Waals surface area contributed by atoms with E-state index in [1.54, 1.807) is 0 Å². The fourth-order valence-electron chi connectivity index (χ4n) is 1.99. The van der Waals surface area contributed by atoms with Gasteiger partial charge in [-0.15, -0.1) is 0 Å². The van der Waals surface area contributed by atoms with E-state index in [1.807, 2.05) is 13.8 Å². The lowest BCUT2D eigenvalue weighted by Crippen LogP contribution is -2.17. The Morgan fingerprint density at radius 2 is 1.44 bits per heavy atom. The zero-order chi connectivity index (χ0) is 13.6. The average Bonchev–Trinajstić information content (AvgIpc) is 2.32. The van der Waals surface area contributed by atoms with Gasteiger partial charge in [0.15, 0.2) is 6.29 Å². The first-order valence-electron chi connectivity index (χ1n) is 7.61. The van der Waals surface area contributed by atoms with Crippen molar-refractivity contribution in [1.82, 2.24) is 0 Å². The molecular formula is C15H31BrO2. The molecule has 0 N–H and O–H groups in total. The number of ether oxygens (including phenoxy) is 2. The molecule has 2 nitrogen and oxygen atoms in total. The molecule has 0 aliphatic heterocycles. The van der Waals surface area contributed by atoms with E-state index in [-0.39, 0.29) is 11.3 Å². The summed E-state index contributed by atoms with van der Waals surface area (Å²) >= 11 is 3.55. The van der Waals surface area contributed by atoms with Gasteiger partial charge in [0.25, 0.3) is 0 Å². The monoisotopic (exact) mass is 322 g/mol. The van der Waals surface area contributed by atoms with Crippen LogP contribution in [0.15, 0.2) is 0 Å². The van der Waals surface area contributed by atoms with Crippen LogP contribution in [0.25, 0.3) is 0 Å². The molecular weight excluding hydrogens is 292 g/mol. The zero-order valence-electron chi connectivity index (χ0n) is 12.4. The molecule has 0 aromatic carbocycles. The Morgan fingerprint density at radius 3 is 2.00 bits per heavy atom. The summed E-state index contributed by atoms with van der Waals surface area (Å²) < 4.78 is 11.0. The van der Waals surface area contributed by atoms with Gasteiger partial charge in [0.1, 0.15) is 5.01 Å². The molecule has 0 aromatic heterocycles. The van der Waals surface area contributed by atoms with Crippen molar-refractivity contribution < 1.29 is 9.47 Å². The van der Waals surface area contributed by atoms with Crippen LogP contribution in [0, 0.1) is 0 Å². The minimum Gasteiger partial charge on any atom is -0.353 e. The van der Waals surface area contributed by atoms with E-state index in [0.29, 0.717) is 6.61 Å². The largest absolute Gasteiger partial charge is 0.353 e. The second-order valence-electron chi connectivity index (χ2n) is 4.83. The molecule has 0 saturated carbocycles. The summed E-state index contributed by atoms with van der Waals surface area (Å²) in [6.07, 6.45) is 11.8. The zero-order valence-corrected chi connectivity index (χ0v) is 14.0. The van der Waals surface area contributed by atoms with Crippen LogP contribution in [-0.2, 0) is 9.47 Å². The van der Waals surface area contributed by atoms with Gasteiger partial charge in [-0.3, -0.25) is 0 Å². The van der Waals surface area contributed by atoms with Gasteiger partial charge in [0.2, 0.25) is 0 Å². The van der Waals surface area contributed by atoms with Crippen LogP contribution in [-0.4, -0.2) is 17.9 Å². The van der Waals surface area contributed by atoms with Gasteiger partial charge < -0.3 is 9.47 Å². The van der Waals surface area contributed by atoms with Crippen molar-refractivity contribution in [2.24, 2.45) is 0 Å². The lowest BCUT2D eigenvalue weighted by atomic mass is 10.1. The Balaban J connectivity index is 3.22. The molecule has 0 radical (unpaired) electrons. The highest BCUT2D eigenvalue weighted by molar-refractivity contribution is 9.09. The molecule has 110 valence electrons. The van der Waals surface area contributed by atoms with Crippen molar-refractivity contribution in [2.45, 2.75) is 89.9 Å². The van der Waals surface area contributed by atoms with Gasteiger partial charge in [-0.2, -0.15) is 0 Å². The van der Waals surface area contributed by atoms with Gasteiger partial charge in [-0.05, 0) is 26.7 Å². The molecule has 0 rings (SSSR count). The lowest BCUT2D eigenvalue weighted by molar-refractivity contribution is -0.135. The highest BCUT2D eigenvalue weighted by Gasteiger charge is 2.09. The van der Waals surface area contributed by atoms with E-state index < -0.39 is 0 Å². The van der Waals surface area contributed by atoms with Gasteiger partial charge in [0, 0.05) is 6.61 Å². The lowest BCUT2D eigenvalue weighted by Gasteiger charge is -2.17. The summed E-state index contributed by atoms with van der Waals surface area (Å²) in [6.45, 7) is 6.91. The van der Waals surface area contributed by atoms with Crippen molar-refractivity contribution in [2.75, 3.05) is 6.61 Å². The second kappa shape index (κ2) is 13.8. The molecule has 0 aromatic rings. The molecule has 0 aliphatic carbocycles. The van der Waals surface area contributed by atoms with E-state index in [0.717, 1.165) is 6.42 Å². The van der Waals surface area contributed by atoms with Crippen LogP contribution in [0.5, 0.6) is 0 Å². The Hall–Kier alpha value is 0.400. The van der Waals surface area contributed by atoms with Crippen LogP contribution >= 0.6 is 15.9 Å². The van der Waals surface area contributed by atoms with E-state index in [4.69, 9.17) is 9.47 Å². The van der Waals surface area contributed by atoms with Crippen molar-refractivity contribution in [3.05, 3.63) is 0 Å². The van der Waals surface area contributed by atoms with Crippen LogP contribution < -0.4 is 0 Å². The highest BCUT2D eigenvalue weighted by Crippen LogP contribution is 2.16. The SMILES string of the molecule is CCCCCCCCCCC(Br)OC(C)OCC. The van der Waals surface area contributed by atoms with Gasteiger partial charge >= 0.3 is 0 Å². The molecule has 0 spiro atoms. The Kier molecular flexibility index (Phi) is 14.1. The summed E-state index contributed by atoms with van der Waals surface area (Å²) in [5.41, 5.74) is 0. The molecule has 0 heterocycles. The Morgan fingerprint density at radius 1 is 0.889 bits per heavy atom. The van der Waals surface area contributed by atoms with Crippen molar-refractivity contribution >= 4 is 15.9 Å². The van der Waals surface area contributed by atoms with E-state index >= 15 is 0 Å². The second-order valence-corrected chi connectivity index (χ2v) is 5.85. The third kappa shape index (κ3) is 12.8. The van der Waals surface area contributed by atoms with Crippen molar-refractivity contribution in [3.63, 3.8) is 0 Å². The first kappa shape index (κ1) is 18.4. The summed E-state index contributed by atoms with van der Waals surface area (Å²) in [5, 5.41) is 0.138. The van der Waals surface area contributed by atoms with Crippen LogP contribution in [0.1, 0.15) is 78.6 Å². The number of halogens is 1. The van der Waals surface area contributed by atoms with Crippen LogP contribution in [0.2, 0.25) is 0 Å². The predicted molar refractivity (Wildman–Crippen MR) is 82.1 cm³/mol. The first-order valence-corrected chi connectivity index (χ1v) is 8.53. The molecule has 3 heteroatoms. The standard InChI is InChI=1S/C15H31BrO2/c1-4-6-7-8-9-10-11-12-13-15(16)18-14(3)17-5-2/h14-15H,4-13H2,1-3H3. The smallest absolute Gasteiger partial charge is 0.156 e. The first-order chi connectivity index (χ1) is 8.70. The number of hydrogen-bond donors (Lipinski definition) is 0. The maximum absolute atomic E-state index is 5.64. The van der Waals surface area contributed by atoms with Crippen LogP contribution in [0.4, 0.5) is 0 Å². The normalized spacial score (nSPS) is 14.7. The Labute approximate surface area is 122 Å². The van der Waals surface area contributed by atoms with Crippen LogP contribution in [0.3, 0.4) is 0 Å².